The quantitative estimate of drug-likeness (QED) is 0.830. The Balaban J connectivity index is 2.10. The van der Waals surface area contributed by atoms with Crippen molar-refractivity contribution in [1.82, 2.24) is 10.4 Å². The summed E-state index contributed by atoms with van der Waals surface area (Å²) >= 11 is 0. The van der Waals surface area contributed by atoms with Gasteiger partial charge in [0.25, 0.3) is 0 Å². The van der Waals surface area contributed by atoms with Crippen LogP contribution in [0.2, 0.25) is 0 Å². The van der Waals surface area contributed by atoms with E-state index in [1.807, 2.05) is 49.5 Å². The molecule has 1 N–H and O–H groups in total. The van der Waals surface area contributed by atoms with Crippen molar-refractivity contribution in [3.63, 3.8) is 0 Å². The normalized spacial score (nSPS) is 14.9. The molecular formula is C14H13N3O. The number of aryl methyl sites for hydroxylation is 1. The first-order valence-electron chi connectivity index (χ1n) is 5.86. The van der Waals surface area contributed by atoms with E-state index in [0.717, 1.165) is 22.3 Å². The second kappa shape index (κ2) is 4.14. The molecule has 1 aromatic heterocycles. The highest BCUT2D eigenvalue weighted by Crippen LogP contribution is 2.22. The number of rotatable bonds is 1. The van der Waals surface area contributed by atoms with Gasteiger partial charge in [0, 0.05) is 18.0 Å². The molecule has 3 rings (SSSR count). The van der Waals surface area contributed by atoms with Gasteiger partial charge in [-0.05, 0) is 24.6 Å². The van der Waals surface area contributed by atoms with Gasteiger partial charge in [-0.1, -0.05) is 24.3 Å². The molecule has 0 spiro atoms. The van der Waals surface area contributed by atoms with E-state index in [1.54, 1.807) is 5.01 Å². The Hall–Kier alpha value is -2.36. The highest BCUT2D eigenvalue weighted by molar-refractivity contribution is 5.85. The van der Waals surface area contributed by atoms with Crippen molar-refractivity contribution in [2.75, 3.05) is 5.01 Å². The smallest absolute Gasteiger partial charge is 0.242 e. The second-order valence-corrected chi connectivity index (χ2v) is 4.31. The molecule has 90 valence electrons. The maximum atomic E-state index is 11.4. The van der Waals surface area contributed by atoms with Gasteiger partial charge in [-0.25, -0.2) is 9.99 Å². The third-order valence-electron chi connectivity index (χ3n) is 2.96. The third-order valence-corrected chi connectivity index (χ3v) is 2.96. The number of nitrogens with zero attached hydrogens (tertiary/aromatic N) is 2. The Labute approximate surface area is 105 Å². The molecule has 18 heavy (non-hydrogen) atoms. The van der Waals surface area contributed by atoms with Gasteiger partial charge in [-0.3, -0.25) is 10.2 Å². The van der Waals surface area contributed by atoms with Crippen LogP contribution in [0.3, 0.4) is 0 Å². The molecule has 2 heterocycles. The number of hydrogen-bond donors (Lipinski definition) is 1. The minimum absolute atomic E-state index is 0.0230. The van der Waals surface area contributed by atoms with Crippen molar-refractivity contribution in [2.45, 2.75) is 13.3 Å². The van der Waals surface area contributed by atoms with Gasteiger partial charge < -0.3 is 0 Å². The molecule has 0 fully saturated rings. The lowest BCUT2D eigenvalue weighted by atomic mass is 10.1. The number of hydrogen-bond acceptors (Lipinski definition) is 3. The van der Waals surface area contributed by atoms with E-state index in [2.05, 4.69) is 10.4 Å². The number of aromatic nitrogens is 1. The van der Waals surface area contributed by atoms with Crippen LogP contribution >= 0.6 is 0 Å². The lowest BCUT2D eigenvalue weighted by molar-refractivity contribution is -0.120. The highest BCUT2D eigenvalue weighted by atomic mass is 16.2. The Kier molecular flexibility index (Phi) is 2.48. The number of nitrogens with one attached hydrogen (secondary N) is 1. The first-order chi connectivity index (χ1) is 8.74. The summed E-state index contributed by atoms with van der Waals surface area (Å²) in [5.41, 5.74) is 4.84. The molecule has 4 heteroatoms. The fourth-order valence-electron chi connectivity index (χ4n) is 2.07. The first kappa shape index (κ1) is 10.8. The third kappa shape index (κ3) is 1.82. The zero-order valence-corrected chi connectivity index (χ0v) is 10.1. The average molecular weight is 239 g/mol. The van der Waals surface area contributed by atoms with Crippen molar-refractivity contribution in [3.8, 4) is 0 Å². The second-order valence-electron chi connectivity index (χ2n) is 4.31. The van der Waals surface area contributed by atoms with E-state index in [9.17, 15) is 4.79 Å². The van der Waals surface area contributed by atoms with E-state index in [0.29, 0.717) is 6.42 Å². The number of pyridine rings is 1. The molecule has 0 saturated carbocycles. The van der Waals surface area contributed by atoms with Crippen LogP contribution in [0, 0.1) is 6.92 Å². The van der Waals surface area contributed by atoms with Crippen molar-refractivity contribution >= 4 is 22.6 Å². The van der Waals surface area contributed by atoms with Gasteiger partial charge in [-0.15, -0.1) is 0 Å². The van der Waals surface area contributed by atoms with Crippen LogP contribution in [0.15, 0.2) is 42.6 Å². The Morgan fingerprint density at radius 2 is 2.17 bits per heavy atom. The average Bonchev–Trinajstić information content (AvgIpc) is 2.39. The number of benzene rings is 1. The summed E-state index contributed by atoms with van der Waals surface area (Å²) in [6.45, 7) is 2.04. The monoisotopic (exact) mass is 239 g/mol. The molecule has 0 aliphatic carbocycles. The van der Waals surface area contributed by atoms with Crippen LogP contribution < -0.4 is 10.4 Å². The first-order valence-corrected chi connectivity index (χ1v) is 5.86. The minimum atomic E-state index is -0.0230. The van der Waals surface area contributed by atoms with Gasteiger partial charge in [0.2, 0.25) is 5.91 Å². The number of anilines is 1. The maximum Gasteiger partial charge on any atom is 0.242 e. The van der Waals surface area contributed by atoms with Crippen LogP contribution in [-0.4, -0.2) is 10.9 Å². The fraction of sp³-hybridized carbons (Fsp3) is 0.143. The zero-order chi connectivity index (χ0) is 12.5. The van der Waals surface area contributed by atoms with Crippen LogP contribution in [0.5, 0.6) is 0 Å². The molecule has 2 aromatic rings. The molecule has 0 unspecified atom stereocenters. The van der Waals surface area contributed by atoms with Gasteiger partial charge in [0.1, 0.15) is 0 Å². The van der Waals surface area contributed by atoms with Crippen molar-refractivity contribution < 1.29 is 4.79 Å². The van der Waals surface area contributed by atoms with E-state index in [-0.39, 0.29) is 5.91 Å². The molecule has 0 atom stereocenters. The molecule has 1 aliphatic heterocycles. The lowest BCUT2D eigenvalue weighted by Gasteiger charge is -2.23. The minimum Gasteiger partial charge on any atom is -0.273 e. The predicted molar refractivity (Wildman–Crippen MR) is 70.9 cm³/mol. The van der Waals surface area contributed by atoms with Crippen LogP contribution in [-0.2, 0) is 4.79 Å². The highest BCUT2D eigenvalue weighted by Gasteiger charge is 2.13. The summed E-state index contributed by atoms with van der Waals surface area (Å²) in [5, 5.41) is 2.79. The van der Waals surface area contributed by atoms with E-state index in [4.69, 9.17) is 0 Å². The molecule has 0 saturated heterocycles. The topological polar surface area (TPSA) is 45.2 Å². The van der Waals surface area contributed by atoms with E-state index >= 15 is 0 Å². The number of carbonyl (C=O) groups is 1. The van der Waals surface area contributed by atoms with Crippen LogP contribution in [0.4, 0.5) is 5.82 Å². The summed E-state index contributed by atoms with van der Waals surface area (Å²) < 4.78 is 0. The predicted octanol–water partition coefficient (Wildman–Crippen LogP) is 2.30. The molecule has 1 aromatic carbocycles. The zero-order valence-electron chi connectivity index (χ0n) is 10.1. The molecule has 0 radical (unpaired) electrons. The Morgan fingerprint density at radius 3 is 3.00 bits per heavy atom. The SMILES string of the molecule is Cc1cc(N2C=CCC(=O)N2)nc2ccccc12. The fourth-order valence-corrected chi connectivity index (χ4v) is 2.07. The lowest BCUT2D eigenvalue weighted by Crippen LogP contribution is -2.41. The van der Waals surface area contributed by atoms with E-state index < -0.39 is 0 Å². The van der Waals surface area contributed by atoms with Crippen molar-refractivity contribution in [2.24, 2.45) is 0 Å². The van der Waals surface area contributed by atoms with E-state index in [1.165, 1.54) is 0 Å². The number of hydrazine groups is 1. The van der Waals surface area contributed by atoms with Crippen LogP contribution in [0.1, 0.15) is 12.0 Å². The molecule has 4 nitrogen and oxygen atoms in total. The summed E-state index contributed by atoms with van der Waals surface area (Å²) in [5.74, 6) is 0.709. The number of amides is 1. The van der Waals surface area contributed by atoms with Gasteiger partial charge in [-0.2, -0.15) is 0 Å². The standard InChI is InChI=1S/C14H13N3O/c1-10-9-13(17-8-4-7-14(18)16-17)15-12-6-3-2-5-11(10)12/h2-6,8-9H,7H2,1H3,(H,16,18). The van der Waals surface area contributed by atoms with Gasteiger partial charge >= 0.3 is 0 Å². The molecular weight excluding hydrogens is 226 g/mol. The van der Waals surface area contributed by atoms with Crippen molar-refractivity contribution in [1.29, 1.82) is 0 Å². The summed E-state index contributed by atoms with van der Waals surface area (Å²) in [6, 6.07) is 9.95. The van der Waals surface area contributed by atoms with Crippen LogP contribution in [0.25, 0.3) is 10.9 Å². The molecule has 1 aliphatic rings. The summed E-state index contributed by atoms with van der Waals surface area (Å²) in [4.78, 5) is 15.9. The maximum absolute atomic E-state index is 11.4. The Morgan fingerprint density at radius 1 is 1.33 bits per heavy atom. The number of para-hydroxylation sites is 1. The largest absolute Gasteiger partial charge is 0.273 e. The summed E-state index contributed by atoms with van der Waals surface area (Å²) in [7, 11) is 0. The molecule has 1 amide bonds. The van der Waals surface area contributed by atoms with Gasteiger partial charge in [0.15, 0.2) is 5.82 Å². The Bertz CT molecular complexity index is 649. The number of fused-ring (bicyclic) bond motifs is 1. The van der Waals surface area contributed by atoms with Crippen molar-refractivity contribution in [3.05, 3.63) is 48.2 Å². The summed E-state index contributed by atoms with van der Waals surface area (Å²) in [6.07, 6.45) is 4.08. The van der Waals surface area contributed by atoms with Gasteiger partial charge in [0.05, 0.1) is 5.52 Å². The number of carbonyl (C=O) groups excluding carboxylic acids is 1. The molecule has 0 bridgehead atoms.